The highest BCUT2D eigenvalue weighted by molar-refractivity contribution is 8.00. The number of carbonyl (C=O) groups is 2. The van der Waals surface area contributed by atoms with Gasteiger partial charge in [0.25, 0.3) is 0 Å². The molecule has 114 valence electrons. The molecule has 21 heavy (non-hydrogen) atoms. The number of thioether (sulfide) groups is 1. The second-order valence-electron chi connectivity index (χ2n) is 5.07. The summed E-state index contributed by atoms with van der Waals surface area (Å²) in [4.78, 5) is 25.4. The van der Waals surface area contributed by atoms with Gasteiger partial charge in [0.2, 0.25) is 11.8 Å². The molecular formula is C15H19FN2O2S. The predicted octanol–water partition coefficient (Wildman–Crippen LogP) is 2.04. The summed E-state index contributed by atoms with van der Waals surface area (Å²) in [5.41, 5.74) is 0. The van der Waals surface area contributed by atoms with Crippen molar-refractivity contribution in [3.05, 3.63) is 30.1 Å². The van der Waals surface area contributed by atoms with Gasteiger partial charge in [-0.2, -0.15) is 0 Å². The molecule has 4 nitrogen and oxygen atoms in total. The minimum Gasteiger partial charge on any atom is -0.353 e. The first-order valence-electron chi connectivity index (χ1n) is 6.98. The molecule has 1 aliphatic heterocycles. The highest BCUT2D eigenvalue weighted by Gasteiger charge is 2.21. The zero-order valence-electron chi connectivity index (χ0n) is 12.0. The number of nitrogens with one attached hydrogen (secondary N) is 1. The Kier molecular flexibility index (Phi) is 5.61. The summed E-state index contributed by atoms with van der Waals surface area (Å²) in [5.74, 6) is -0.113. The van der Waals surface area contributed by atoms with E-state index in [9.17, 15) is 14.0 Å². The molecule has 0 atom stereocenters. The van der Waals surface area contributed by atoms with Gasteiger partial charge in [-0.25, -0.2) is 4.39 Å². The number of carbonyl (C=O) groups excluding carboxylic acids is 2. The van der Waals surface area contributed by atoms with Gasteiger partial charge in [0, 0.05) is 31.0 Å². The molecule has 1 aromatic rings. The number of hydrogen-bond donors (Lipinski definition) is 1. The summed E-state index contributed by atoms with van der Waals surface area (Å²) < 4.78 is 13.4. The first kappa shape index (κ1) is 15.8. The maximum atomic E-state index is 13.4. The zero-order valence-corrected chi connectivity index (χ0v) is 12.8. The van der Waals surface area contributed by atoms with E-state index >= 15 is 0 Å². The van der Waals surface area contributed by atoms with Crippen LogP contribution in [0.2, 0.25) is 0 Å². The average Bonchev–Trinajstić information content (AvgIpc) is 2.47. The van der Waals surface area contributed by atoms with Crippen molar-refractivity contribution >= 4 is 23.6 Å². The van der Waals surface area contributed by atoms with E-state index in [4.69, 9.17) is 0 Å². The molecule has 0 bridgehead atoms. The minimum absolute atomic E-state index is 0.0786. The monoisotopic (exact) mass is 310 g/mol. The molecule has 1 aliphatic rings. The molecule has 1 aromatic carbocycles. The van der Waals surface area contributed by atoms with Gasteiger partial charge in [-0.1, -0.05) is 12.1 Å². The predicted molar refractivity (Wildman–Crippen MR) is 80.5 cm³/mol. The van der Waals surface area contributed by atoms with Gasteiger partial charge >= 0.3 is 0 Å². The van der Waals surface area contributed by atoms with Crippen molar-refractivity contribution in [2.45, 2.75) is 30.7 Å². The maximum Gasteiger partial charge on any atom is 0.230 e. The van der Waals surface area contributed by atoms with Crippen LogP contribution in [0.5, 0.6) is 0 Å². The molecule has 0 radical (unpaired) electrons. The Morgan fingerprint density at radius 1 is 1.33 bits per heavy atom. The number of amides is 2. The Labute approximate surface area is 128 Å². The molecule has 1 fully saturated rings. The van der Waals surface area contributed by atoms with Crippen LogP contribution in [0.25, 0.3) is 0 Å². The quantitative estimate of drug-likeness (QED) is 0.866. The Morgan fingerprint density at radius 3 is 2.62 bits per heavy atom. The van der Waals surface area contributed by atoms with E-state index in [1.165, 1.54) is 17.8 Å². The summed E-state index contributed by atoms with van der Waals surface area (Å²) in [6.45, 7) is 2.92. The first-order chi connectivity index (χ1) is 10.1. The highest BCUT2D eigenvalue weighted by atomic mass is 32.2. The zero-order chi connectivity index (χ0) is 15.2. The molecule has 2 rings (SSSR count). The van der Waals surface area contributed by atoms with Crippen LogP contribution in [0.15, 0.2) is 29.2 Å². The fraction of sp³-hybridized carbons (Fsp3) is 0.467. The van der Waals surface area contributed by atoms with Crippen LogP contribution < -0.4 is 5.32 Å². The van der Waals surface area contributed by atoms with Crippen molar-refractivity contribution in [1.82, 2.24) is 10.2 Å². The van der Waals surface area contributed by atoms with Crippen molar-refractivity contribution in [1.29, 1.82) is 0 Å². The van der Waals surface area contributed by atoms with Crippen molar-refractivity contribution in [2.75, 3.05) is 18.8 Å². The standard InChI is InChI=1S/C15H19FN2O2S/c1-11(19)18-8-6-12(7-9-18)17-15(20)10-21-14-5-3-2-4-13(14)16/h2-5,12H,6-10H2,1H3,(H,17,20). The molecule has 1 N–H and O–H groups in total. The molecule has 0 saturated carbocycles. The third-order valence-corrected chi connectivity index (χ3v) is 4.55. The minimum atomic E-state index is -0.301. The third-order valence-electron chi connectivity index (χ3n) is 3.50. The number of rotatable bonds is 4. The summed E-state index contributed by atoms with van der Waals surface area (Å²) in [7, 11) is 0. The molecule has 0 aromatic heterocycles. The molecule has 0 spiro atoms. The van der Waals surface area contributed by atoms with Gasteiger partial charge in [-0.3, -0.25) is 9.59 Å². The van der Waals surface area contributed by atoms with E-state index in [1.807, 2.05) is 0 Å². The lowest BCUT2D eigenvalue weighted by Crippen LogP contribution is -2.46. The van der Waals surface area contributed by atoms with E-state index in [2.05, 4.69) is 5.32 Å². The highest BCUT2D eigenvalue weighted by Crippen LogP contribution is 2.21. The number of benzene rings is 1. The third kappa shape index (κ3) is 4.74. The first-order valence-corrected chi connectivity index (χ1v) is 7.97. The van der Waals surface area contributed by atoms with E-state index in [0.717, 1.165) is 12.8 Å². The summed E-state index contributed by atoms with van der Waals surface area (Å²) in [5, 5.41) is 2.95. The van der Waals surface area contributed by atoms with E-state index in [0.29, 0.717) is 18.0 Å². The normalized spacial score (nSPS) is 15.8. The molecule has 0 aliphatic carbocycles. The van der Waals surface area contributed by atoms with Crippen LogP contribution in [-0.4, -0.2) is 41.6 Å². The SMILES string of the molecule is CC(=O)N1CCC(NC(=O)CSc2ccccc2F)CC1. The van der Waals surface area contributed by atoms with Crippen LogP contribution in [0.1, 0.15) is 19.8 Å². The van der Waals surface area contributed by atoms with Gasteiger partial charge in [0.05, 0.1) is 5.75 Å². The van der Waals surface area contributed by atoms with E-state index < -0.39 is 0 Å². The van der Waals surface area contributed by atoms with Crippen LogP contribution >= 0.6 is 11.8 Å². The second-order valence-corrected chi connectivity index (χ2v) is 6.08. The average molecular weight is 310 g/mol. The molecule has 1 saturated heterocycles. The maximum absolute atomic E-state index is 13.4. The number of likely N-dealkylation sites (tertiary alicyclic amines) is 1. The number of hydrogen-bond acceptors (Lipinski definition) is 3. The number of halogens is 1. The Morgan fingerprint density at radius 2 is 2.00 bits per heavy atom. The smallest absolute Gasteiger partial charge is 0.230 e. The summed E-state index contributed by atoms with van der Waals surface area (Å²) in [6, 6.07) is 6.54. The largest absolute Gasteiger partial charge is 0.353 e. The molecule has 6 heteroatoms. The van der Waals surface area contributed by atoms with Gasteiger partial charge in [-0.15, -0.1) is 11.8 Å². The lowest BCUT2D eigenvalue weighted by molar-refractivity contribution is -0.130. The van der Waals surface area contributed by atoms with Crippen LogP contribution in [0.4, 0.5) is 4.39 Å². The number of nitrogens with zero attached hydrogens (tertiary/aromatic N) is 1. The van der Waals surface area contributed by atoms with Gasteiger partial charge in [0.1, 0.15) is 5.82 Å². The van der Waals surface area contributed by atoms with Crippen molar-refractivity contribution in [3.8, 4) is 0 Å². The van der Waals surface area contributed by atoms with Gasteiger partial charge in [0.15, 0.2) is 0 Å². The van der Waals surface area contributed by atoms with Gasteiger partial charge < -0.3 is 10.2 Å². The Hall–Kier alpha value is -1.56. The number of piperidine rings is 1. The Bertz CT molecular complexity index is 516. The molecule has 0 unspecified atom stereocenters. The molecule has 1 heterocycles. The topological polar surface area (TPSA) is 49.4 Å². The Balaban J connectivity index is 1.73. The van der Waals surface area contributed by atoms with Crippen molar-refractivity contribution in [2.24, 2.45) is 0 Å². The molecular weight excluding hydrogens is 291 g/mol. The van der Waals surface area contributed by atoms with E-state index in [1.54, 1.807) is 30.0 Å². The fourth-order valence-corrected chi connectivity index (χ4v) is 3.06. The summed E-state index contributed by atoms with van der Waals surface area (Å²) in [6.07, 6.45) is 1.55. The fourth-order valence-electron chi connectivity index (χ4n) is 2.31. The lowest BCUT2D eigenvalue weighted by Gasteiger charge is -2.31. The van der Waals surface area contributed by atoms with E-state index in [-0.39, 0.29) is 29.4 Å². The van der Waals surface area contributed by atoms with Crippen molar-refractivity contribution in [3.63, 3.8) is 0 Å². The van der Waals surface area contributed by atoms with Crippen LogP contribution in [-0.2, 0) is 9.59 Å². The molecule has 2 amide bonds. The van der Waals surface area contributed by atoms with Crippen LogP contribution in [0, 0.1) is 5.82 Å². The van der Waals surface area contributed by atoms with Crippen LogP contribution in [0.3, 0.4) is 0 Å². The van der Waals surface area contributed by atoms with Crippen molar-refractivity contribution < 1.29 is 14.0 Å². The van der Waals surface area contributed by atoms with Gasteiger partial charge in [-0.05, 0) is 25.0 Å². The lowest BCUT2D eigenvalue weighted by atomic mass is 10.1. The summed E-state index contributed by atoms with van der Waals surface area (Å²) >= 11 is 1.20. The second kappa shape index (κ2) is 7.45.